The van der Waals surface area contributed by atoms with E-state index in [2.05, 4.69) is 15.7 Å². The predicted molar refractivity (Wildman–Crippen MR) is 82.5 cm³/mol. The quantitative estimate of drug-likeness (QED) is 0.902. The van der Waals surface area contributed by atoms with Crippen LogP contribution in [0.25, 0.3) is 5.69 Å². The van der Waals surface area contributed by atoms with Crippen molar-refractivity contribution in [2.75, 3.05) is 18.4 Å². The largest absolute Gasteiger partial charge is 0.324 e. The average molecular weight is 284 g/mol. The molecule has 2 heterocycles. The Bertz CT molecular complexity index is 645. The summed E-state index contributed by atoms with van der Waals surface area (Å²) in [5.41, 5.74) is 2.63. The SMILES string of the molecule is Cc1ccn(-c2ccccc2NC(=O)C(C)C2CNC2)n1. The fraction of sp³-hybridized carbons (Fsp3) is 0.375. The van der Waals surface area contributed by atoms with Crippen molar-refractivity contribution >= 4 is 11.6 Å². The second kappa shape index (κ2) is 5.69. The first-order chi connectivity index (χ1) is 10.1. The highest BCUT2D eigenvalue weighted by Gasteiger charge is 2.29. The third kappa shape index (κ3) is 2.83. The summed E-state index contributed by atoms with van der Waals surface area (Å²) >= 11 is 0. The van der Waals surface area contributed by atoms with E-state index in [-0.39, 0.29) is 11.8 Å². The maximum absolute atomic E-state index is 12.4. The standard InChI is InChI=1S/C16H20N4O/c1-11-7-8-20(19-11)15-6-4-3-5-14(15)18-16(21)12(2)13-9-17-10-13/h3-8,12-13,17H,9-10H2,1-2H3,(H,18,21). The third-order valence-electron chi connectivity index (χ3n) is 4.06. The molecule has 1 amide bonds. The highest BCUT2D eigenvalue weighted by Crippen LogP contribution is 2.22. The first kappa shape index (κ1) is 13.8. The zero-order chi connectivity index (χ0) is 14.8. The Labute approximate surface area is 124 Å². The average Bonchev–Trinajstić information content (AvgIpc) is 2.84. The lowest BCUT2D eigenvalue weighted by atomic mass is 9.88. The predicted octanol–water partition coefficient (Wildman–Crippen LogP) is 1.97. The van der Waals surface area contributed by atoms with Gasteiger partial charge in [0.1, 0.15) is 0 Å². The second-order valence-electron chi connectivity index (χ2n) is 5.62. The monoisotopic (exact) mass is 284 g/mol. The van der Waals surface area contributed by atoms with Crippen molar-refractivity contribution in [3.8, 4) is 5.69 Å². The molecule has 1 unspecified atom stereocenters. The van der Waals surface area contributed by atoms with Gasteiger partial charge in [-0.25, -0.2) is 4.68 Å². The van der Waals surface area contributed by atoms with Gasteiger partial charge >= 0.3 is 0 Å². The summed E-state index contributed by atoms with van der Waals surface area (Å²) in [6.07, 6.45) is 1.90. The third-order valence-corrected chi connectivity index (χ3v) is 4.06. The molecule has 1 aliphatic rings. The van der Waals surface area contributed by atoms with Crippen molar-refractivity contribution in [3.05, 3.63) is 42.2 Å². The van der Waals surface area contributed by atoms with Crippen LogP contribution < -0.4 is 10.6 Å². The molecule has 0 aliphatic carbocycles. The van der Waals surface area contributed by atoms with E-state index < -0.39 is 0 Å². The smallest absolute Gasteiger partial charge is 0.227 e. The zero-order valence-corrected chi connectivity index (χ0v) is 12.3. The van der Waals surface area contributed by atoms with Crippen LogP contribution in [0.15, 0.2) is 36.5 Å². The molecule has 5 nitrogen and oxygen atoms in total. The van der Waals surface area contributed by atoms with Gasteiger partial charge in [-0.2, -0.15) is 5.10 Å². The number of amides is 1. The number of nitrogens with one attached hydrogen (secondary N) is 2. The van der Waals surface area contributed by atoms with E-state index in [1.807, 2.05) is 50.4 Å². The van der Waals surface area contributed by atoms with Crippen LogP contribution in [0.1, 0.15) is 12.6 Å². The fourth-order valence-electron chi connectivity index (χ4n) is 2.45. The lowest BCUT2D eigenvalue weighted by Gasteiger charge is -2.31. The Kier molecular flexibility index (Phi) is 3.75. The normalized spacial score (nSPS) is 16.3. The molecular weight excluding hydrogens is 264 g/mol. The van der Waals surface area contributed by atoms with E-state index in [0.717, 1.165) is 30.2 Å². The number of carbonyl (C=O) groups is 1. The van der Waals surface area contributed by atoms with Crippen LogP contribution in [0.5, 0.6) is 0 Å². The molecule has 1 saturated heterocycles. The van der Waals surface area contributed by atoms with Gasteiger partial charge in [0.25, 0.3) is 0 Å². The molecule has 2 aromatic rings. The van der Waals surface area contributed by atoms with Crippen molar-refractivity contribution in [2.45, 2.75) is 13.8 Å². The molecule has 3 rings (SSSR count). The van der Waals surface area contributed by atoms with Crippen LogP contribution in [0.2, 0.25) is 0 Å². The Morgan fingerprint density at radius 3 is 2.76 bits per heavy atom. The summed E-state index contributed by atoms with van der Waals surface area (Å²) in [7, 11) is 0. The maximum atomic E-state index is 12.4. The maximum Gasteiger partial charge on any atom is 0.227 e. The lowest BCUT2D eigenvalue weighted by Crippen LogP contribution is -2.48. The summed E-state index contributed by atoms with van der Waals surface area (Å²) in [4.78, 5) is 12.4. The van der Waals surface area contributed by atoms with E-state index in [1.54, 1.807) is 4.68 Å². The van der Waals surface area contributed by atoms with Crippen molar-refractivity contribution < 1.29 is 4.79 Å². The van der Waals surface area contributed by atoms with Crippen LogP contribution >= 0.6 is 0 Å². The topological polar surface area (TPSA) is 59.0 Å². The second-order valence-corrected chi connectivity index (χ2v) is 5.62. The van der Waals surface area contributed by atoms with Gasteiger partial charge in [0.2, 0.25) is 5.91 Å². The summed E-state index contributed by atoms with van der Waals surface area (Å²) in [5.74, 6) is 0.514. The van der Waals surface area contributed by atoms with Gasteiger partial charge in [-0.3, -0.25) is 4.79 Å². The number of rotatable bonds is 4. The van der Waals surface area contributed by atoms with Gasteiger partial charge < -0.3 is 10.6 Å². The number of aromatic nitrogens is 2. The first-order valence-corrected chi connectivity index (χ1v) is 7.28. The Balaban J connectivity index is 1.80. The molecule has 5 heteroatoms. The summed E-state index contributed by atoms with van der Waals surface area (Å²) < 4.78 is 1.79. The van der Waals surface area contributed by atoms with Gasteiger partial charge in [0.15, 0.2) is 0 Å². The van der Waals surface area contributed by atoms with Crippen LogP contribution in [0.3, 0.4) is 0 Å². The summed E-state index contributed by atoms with van der Waals surface area (Å²) in [6.45, 7) is 5.79. The lowest BCUT2D eigenvalue weighted by molar-refractivity contribution is -0.121. The van der Waals surface area contributed by atoms with Crippen molar-refractivity contribution in [1.29, 1.82) is 0 Å². The minimum absolute atomic E-state index is 0.0127. The van der Waals surface area contributed by atoms with Crippen molar-refractivity contribution in [3.63, 3.8) is 0 Å². The minimum atomic E-state index is 0.0127. The van der Waals surface area contributed by atoms with Gasteiger partial charge in [-0.15, -0.1) is 0 Å². The molecule has 1 aromatic carbocycles. The number of anilines is 1. The Morgan fingerprint density at radius 2 is 2.14 bits per heavy atom. The summed E-state index contributed by atoms with van der Waals surface area (Å²) in [6, 6.07) is 9.68. The van der Waals surface area contributed by atoms with Crippen LogP contribution in [-0.2, 0) is 4.79 Å². The number of hydrogen-bond donors (Lipinski definition) is 2. The number of para-hydroxylation sites is 2. The summed E-state index contributed by atoms with van der Waals surface area (Å²) in [5, 5.41) is 10.7. The Morgan fingerprint density at radius 1 is 1.38 bits per heavy atom. The number of nitrogens with zero attached hydrogens (tertiary/aromatic N) is 2. The molecule has 1 fully saturated rings. The molecule has 1 aromatic heterocycles. The number of benzene rings is 1. The molecule has 1 aliphatic heterocycles. The highest BCUT2D eigenvalue weighted by molar-refractivity contribution is 5.94. The first-order valence-electron chi connectivity index (χ1n) is 7.28. The van der Waals surface area contributed by atoms with Crippen LogP contribution in [0.4, 0.5) is 5.69 Å². The highest BCUT2D eigenvalue weighted by atomic mass is 16.1. The van der Waals surface area contributed by atoms with Gasteiger partial charge in [0, 0.05) is 12.1 Å². The molecule has 0 spiro atoms. The van der Waals surface area contributed by atoms with Crippen molar-refractivity contribution in [2.24, 2.45) is 11.8 Å². The molecule has 110 valence electrons. The van der Waals surface area contributed by atoms with Crippen LogP contribution in [0, 0.1) is 18.8 Å². The van der Waals surface area contributed by atoms with Crippen molar-refractivity contribution in [1.82, 2.24) is 15.1 Å². The van der Waals surface area contributed by atoms with E-state index in [4.69, 9.17) is 0 Å². The van der Waals surface area contributed by atoms with E-state index >= 15 is 0 Å². The minimum Gasteiger partial charge on any atom is -0.324 e. The van der Waals surface area contributed by atoms with Crippen LogP contribution in [-0.4, -0.2) is 28.8 Å². The molecule has 0 bridgehead atoms. The van der Waals surface area contributed by atoms with Gasteiger partial charge in [0.05, 0.1) is 17.1 Å². The molecule has 2 N–H and O–H groups in total. The number of hydrogen-bond acceptors (Lipinski definition) is 3. The molecule has 1 atom stereocenters. The number of carbonyl (C=O) groups excluding carboxylic acids is 1. The van der Waals surface area contributed by atoms with E-state index in [1.165, 1.54) is 0 Å². The molecule has 21 heavy (non-hydrogen) atoms. The van der Waals surface area contributed by atoms with E-state index in [9.17, 15) is 4.79 Å². The number of aryl methyl sites for hydroxylation is 1. The van der Waals surface area contributed by atoms with Gasteiger partial charge in [-0.1, -0.05) is 19.1 Å². The van der Waals surface area contributed by atoms with E-state index in [0.29, 0.717) is 5.92 Å². The molecule has 0 radical (unpaired) electrons. The Hall–Kier alpha value is -2.14. The fourth-order valence-corrected chi connectivity index (χ4v) is 2.45. The molecular formula is C16H20N4O. The molecule has 0 saturated carbocycles. The van der Waals surface area contributed by atoms with Gasteiger partial charge in [-0.05, 0) is 44.1 Å². The zero-order valence-electron chi connectivity index (χ0n) is 12.3.